The van der Waals surface area contributed by atoms with E-state index in [2.05, 4.69) is 79.9 Å². The van der Waals surface area contributed by atoms with Crippen molar-refractivity contribution in [3.8, 4) is 0 Å². The Hall–Kier alpha value is -1.61. The maximum Gasteiger partial charge on any atom is 0.192 e. The summed E-state index contributed by atoms with van der Waals surface area (Å²) >= 11 is 1.56. The van der Waals surface area contributed by atoms with Crippen molar-refractivity contribution in [2.45, 2.75) is 70.0 Å². The number of aromatic nitrogens is 2. The molecule has 0 saturated heterocycles. The predicted molar refractivity (Wildman–Crippen MR) is 139 cm³/mol. The minimum atomic E-state index is -1.75. The zero-order valence-corrected chi connectivity index (χ0v) is 22.4. The summed E-state index contributed by atoms with van der Waals surface area (Å²) in [6.07, 6.45) is 5.01. The third-order valence-corrected chi connectivity index (χ3v) is 11.7. The summed E-state index contributed by atoms with van der Waals surface area (Å²) in [6, 6.07) is 6.84. The minimum absolute atomic E-state index is 0.215. The zero-order valence-electron chi connectivity index (χ0n) is 20.6. The lowest BCUT2D eigenvalue weighted by Gasteiger charge is -2.36. The van der Waals surface area contributed by atoms with Gasteiger partial charge in [0.1, 0.15) is 5.82 Å². The second-order valence-corrected chi connectivity index (χ2v) is 15.5. The number of nitrogens with zero attached hydrogens (tertiary/aromatic N) is 2. The third-order valence-electron chi connectivity index (χ3n) is 6.64. The van der Waals surface area contributed by atoms with E-state index in [1.165, 1.54) is 16.8 Å². The Labute approximate surface area is 198 Å². The number of fused-ring (bicyclic) bond motifs is 1. The van der Waals surface area contributed by atoms with Crippen molar-refractivity contribution >= 4 is 31.6 Å². The van der Waals surface area contributed by atoms with Crippen LogP contribution in [0, 0.1) is 6.92 Å². The molecule has 0 bridgehead atoms. The van der Waals surface area contributed by atoms with Crippen LogP contribution in [-0.2, 0) is 11.0 Å². The van der Waals surface area contributed by atoms with Gasteiger partial charge in [0.25, 0.3) is 0 Å². The molecule has 1 aliphatic heterocycles. The molecule has 3 rings (SSSR count). The van der Waals surface area contributed by atoms with Crippen molar-refractivity contribution in [2.75, 3.05) is 36.6 Å². The molecule has 1 atom stereocenters. The van der Waals surface area contributed by atoms with Gasteiger partial charge in [0.05, 0.1) is 6.61 Å². The molecular weight excluding hydrogens is 434 g/mol. The first-order valence-electron chi connectivity index (χ1n) is 11.5. The maximum atomic E-state index is 6.32. The molecule has 176 valence electrons. The number of para-hydroxylation sites is 1. The molecule has 0 aliphatic carbocycles. The highest BCUT2D eigenvalue weighted by Gasteiger charge is 2.36. The molecule has 2 heterocycles. The Kier molecular flexibility index (Phi) is 8.24. The van der Waals surface area contributed by atoms with E-state index in [1.54, 1.807) is 11.8 Å². The van der Waals surface area contributed by atoms with Crippen molar-refractivity contribution in [2.24, 2.45) is 0 Å². The second kappa shape index (κ2) is 10.5. The van der Waals surface area contributed by atoms with E-state index in [1.807, 2.05) is 12.5 Å². The van der Waals surface area contributed by atoms with E-state index in [0.29, 0.717) is 12.6 Å². The Morgan fingerprint density at radius 1 is 1.28 bits per heavy atom. The quantitative estimate of drug-likeness (QED) is 0.190. The van der Waals surface area contributed by atoms with Crippen LogP contribution in [-0.4, -0.2) is 44.2 Å². The first-order valence-corrected chi connectivity index (χ1v) is 15.6. The molecular formula is C24H39N5OSSi. The Bertz CT molecular complexity index is 916. The number of rotatable bonds is 9. The third kappa shape index (κ3) is 6.04. The lowest BCUT2D eigenvalue weighted by molar-refractivity contribution is 0.301. The van der Waals surface area contributed by atoms with E-state index in [0.717, 1.165) is 42.6 Å². The number of hydrogen-bond donors (Lipinski definition) is 3. The van der Waals surface area contributed by atoms with Crippen molar-refractivity contribution in [1.82, 2.24) is 15.3 Å². The van der Waals surface area contributed by atoms with Crippen LogP contribution in [0.15, 0.2) is 29.6 Å². The molecule has 2 aromatic rings. The van der Waals surface area contributed by atoms with Gasteiger partial charge in [-0.25, -0.2) is 9.97 Å². The average molecular weight is 474 g/mol. The predicted octanol–water partition coefficient (Wildman–Crippen LogP) is 5.59. The number of thioether (sulfide) groups is 1. The van der Waals surface area contributed by atoms with Gasteiger partial charge in [-0.3, -0.25) is 0 Å². The van der Waals surface area contributed by atoms with Gasteiger partial charge >= 0.3 is 0 Å². The van der Waals surface area contributed by atoms with Crippen LogP contribution in [0.25, 0.3) is 0 Å². The van der Waals surface area contributed by atoms with E-state index in [4.69, 9.17) is 9.41 Å². The summed E-state index contributed by atoms with van der Waals surface area (Å²) < 4.78 is 6.32. The number of nitrogens with one attached hydrogen (secondary N) is 3. The summed E-state index contributed by atoms with van der Waals surface area (Å²) in [6.45, 7) is 16.7. The van der Waals surface area contributed by atoms with Crippen LogP contribution in [0.5, 0.6) is 0 Å². The summed E-state index contributed by atoms with van der Waals surface area (Å²) in [5.41, 5.74) is 5.00. The highest BCUT2D eigenvalue weighted by atomic mass is 32.2. The fraction of sp³-hybridized carbons (Fsp3) is 0.583. The highest BCUT2D eigenvalue weighted by molar-refractivity contribution is 7.98. The second-order valence-electron chi connectivity index (χ2n) is 9.95. The fourth-order valence-corrected chi connectivity index (χ4v) is 5.01. The first kappa shape index (κ1) is 25.0. The molecule has 8 heteroatoms. The molecule has 1 aromatic heterocycles. The van der Waals surface area contributed by atoms with Crippen LogP contribution in [0.3, 0.4) is 0 Å². The lowest BCUT2D eigenvalue weighted by Crippen LogP contribution is -2.41. The summed E-state index contributed by atoms with van der Waals surface area (Å²) in [5, 5.41) is 11.8. The average Bonchev–Trinajstić information content (AvgIpc) is 2.75. The molecule has 6 nitrogen and oxygen atoms in total. The van der Waals surface area contributed by atoms with E-state index >= 15 is 0 Å². The van der Waals surface area contributed by atoms with Gasteiger partial charge in [0.2, 0.25) is 0 Å². The molecule has 0 saturated carbocycles. The van der Waals surface area contributed by atoms with Crippen molar-refractivity contribution in [1.29, 1.82) is 0 Å². The minimum Gasteiger partial charge on any atom is -0.415 e. The summed E-state index contributed by atoms with van der Waals surface area (Å²) in [7, 11) is -1.75. The van der Waals surface area contributed by atoms with Gasteiger partial charge < -0.3 is 20.4 Å². The summed E-state index contributed by atoms with van der Waals surface area (Å²) in [5.74, 6) is 0.897. The number of benzene rings is 1. The number of anilines is 2. The van der Waals surface area contributed by atoms with Crippen molar-refractivity contribution < 1.29 is 4.43 Å². The van der Waals surface area contributed by atoms with E-state index in [-0.39, 0.29) is 5.04 Å². The number of hydrogen-bond acceptors (Lipinski definition) is 7. The molecule has 3 N–H and O–H groups in total. The zero-order chi connectivity index (χ0) is 23.4. The number of aryl methyl sites for hydroxylation is 1. The summed E-state index contributed by atoms with van der Waals surface area (Å²) in [4.78, 5) is 9.26. The Morgan fingerprint density at radius 2 is 2.06 bits per heavy atom. The topological polar surface area (TPSA) is 71.1 Å². The molecule has 32 heavy (non-hydrogen) atoms. The molecule has 0 radical (unpaired) electrons. The largest absolute Gasteiger partial charge is 0.415 e. The fourth-order valence-electron chi connectivity index (χ4n) is 3.63. The van der Waals surface area contributed by atoms with Gasteiger partial charge in [-0.05, 0) is 48.9 Å². The molecule has 1 aliphatic rings. The van der Waals surface area contributed by atoms with Crippen LogP contribution in [0.4, 0.5) is 11.5 Å². The first-order chi connectivity index (χ1) is 15.1. The van der Waals surface area contributed by atoms with Crippen LogP contribution in [0.1, 0.15) is 49.9 Å². The van der Waals surface area contributed by atoms with Gasteiger partial charge in [0, 0.05) is 43.1 Å². The Balaban J connectivity index is 1.65. The van der Waals surface area contributed by atoms with E-state index in [9.17, 15) is 0 Å². The van der Waals surface area contributed by atoms with Crippen molar-refractivity contribution in [3.63, 3.8) is 0 Å². The standard InChI is InChI=1S/C24H39N5OSSi/c1-17-9-8-10-19-20(11-12-25-21(17)19)27-15-18-16-28-23(31-5)29-22(18)26-13-14-30-32(6,7)24(2,3)4/h8-10,16,20,25,27H,11-15H2,1-7H3,(H,26,28,29). The van der Waals surface area contributed by atoms with Gasteiger partial charge in [-0.2, -0.15) is 0 Å². The molecule has 0 spiro atoms. The maximum absolute atomic E-state index is 6.32. The normalized spacial score (nSPS) is 16.4. The van der Waals surface area contributed by atoms with Gasteiger partial charge in [0.15, 0.2) is 13.5 Å². The van der Waals surface area contributed by atoms with E-state index < -0.39 is 8.32 Å². The molecule has 0 amide bonds. The monoisotopic (exact) mass is 473 g/mol. The smallest absolute Gasteiger partial charge is 0.192 e. The highest BCUT2D eigenvalue weighted by Crippen LogP contribution is 2.36. The van der Waals surface area contributed by atoms with Crippen LogP contribution >= 0.6 is 11.8 Å². The van der Waals surface area contributed by atoms with Crippen molar-refractivity contribution in [3.05, 3.63) is 41.1 Å². The van der Waals surface area contributed by atoms with Crippen LogP contribution < -0.4 is 16.0 Å². The SMILES string of the molecule is CSc1ncc(CNC2CCNc3c(C)cccc32)c(NCCO[Si](C)(C)C(C)(C)C)n1. The van der Waals surface area contributed by atoms with Gasteiger partial charge in [-0.1, -0.05) is 50.7 Å². The van der Waals surface area contributed by atoms with Crippen LogP contribution in [0.2, 0.25) is 18.1 Å². The molecule has 1 unspecified atom stereocenters. The molecule has 1 aromatic carbocycles. The van der Waals surface area contributed by atoms with Gasteiger partial charge in [-0.15, -0.1) is 0 Å². The molecule has 0 fully saturated rings. The lowest BCUT2D eigenvalue weighted by atomic mass is 9.95. The Morgan fingerprint density at radius 3 is 2.78 bits per heavy atom.